The van der Waals surface area contributed by atoms with Gasteiger partial charge in [0.15, 0.2) is 0 Å². The Labute approximate surface area is 120 Å². The molecule has 3 rings (SSSR count). The van der Waals surface area contributed by atoms with Gasteiger partial charge in [-0.15, -0.1) is 0 Å². The van der Waals surface area contributed by atoms with Crippen molar-refractivity contribution in [2.75, 3.05) is 0 Å². The Bertz CT molecular complexity index is 765. The molecule has 0 saturated heterocycles. The number of fused-ring (bicyclic) bond motifs is 3. The summed E-state index contributed by atoms with van der Waals surface area (Å²) in [4.78, 5) is 34.9. The topological polar surface area (TPSA) is 80.7 Å². The molecule has 1 heterocycles. The van der Waals surface area contributed by atoms with Gasteiger partial charge in [0.1, 0.15) is 11.4 Å². The third kappa shape index (κ3) is 1.98. The number of hydrogen-bond donors (Lipinski definition) is 1. The maximum atomic E-state index is 11.9. The first-order valence-electron chi connectivity index (χ1n) is 6.39. The Balaban J connectivity index is 2.31. The van der Waals surface area contributed by atoms with E-state index in [1.54, 1.807) is 18.2 Å². The summed E-state index contributed by atoms with van der Waals surface area (Å²) in [7, 11) is 0. The summed E-state index contributed by atoms with van der Waals surface area (Å²) in [6.45, 7) is 3.74. The van der Waals surface area contributed by atoms with Crippen LogP contribution in [0.2, 0.25) is 0 Å². The highest BCUT2D eigenvalue weighted by atomic mass is 16.5. The summed E-state index contributed by atoms with van der Waals surface area (Å²) in [5.74, 6) is -2.27. The number of ketones is 2. The van der Waals surface area contributed by atoms with E-state index in [0.717, 1.165) is 6.08 Å². The molecule has 0 saturated carbocycles. The summed E-state index contributed by atoms with van der Waals surface area (Å²) in [5, 5.41) is 9.30. The van der Waals surface area contributed by atoms with Gasteiger partial charge in [-0.25, -0.2) is 4.79 Å². The lowest BCUT2D eigenvalue weighted by molar-refractivity contribution is -0.130. The van der Waals surface area contributed by atoms with Crippen LogP contribution in [-0.4, -0.2) is 28.2 Å². The van der Waals surface area contributed by atoms with E-state index in [1.807, 2.05) is 13.8 Å². The van der Waals surface area contributed by atoms with Crippen LogP contribution in [0.3, 0.4) is 0 Å². The SMILES string of the molecule is CC1(C)C=Cc2c(ccc3c2C(C(=O)O)=CC(=O)C3=O)O1. The molecule has 1 aliphatic carbocycles. The van der Waals surface area contributed by atoms with E-state index in [9.17, 15) is 19.5 Å². The molecule has 1 aliphatic heterocycles. The molecule has 1 aromatic rings. The summed E-state index contributed by atoms with van der Waals surface area (Å²) in [6, 6.07) is 3.04. The molecule has 0 bridgehead atoms. The molecule has 0 spiro atoms. The highest BCUT2D eigenvalue weighted by Crippen LogP contribution is 2.39. The zero-order valence-corrected chi connectivity index (χ0v) is 11.5. The Morgan fingerprint density at radius 1 is 1.24 bits per heavy atom. The number of hydrogen-bond acceptors (Lipinski definition) is 4. The number of carbonyl (C=O) groups is 3. The maximum absolute atomic E-state index is 11.9. The number of benzene rings is 1. The van der Waals surface area contributed by atoms with E-state index in [0.29, 0.717) is 11.3 Å². The Kier molecular flexibility index (Phi) is 2.63. The highest BCUT2D eigenvalue weighted by Gasteiger charge is 2.34. The van der Waals surface area contributed by atoms with E-state index in [2.05, 4.69) is 0 Å². The normalized spacial score (nSPS) is 18.5. The van der Waals surface area contributed by atoms with Crippen LogP contribution in [0, 0.1) is 0 Å². The molecule has 106 valence electrons. The molecule has 0 radical (unpaired) electrons. The van der Waals surface area contributed by atoms with Crippen molar-refractivity contribution in [3.63, 3.8) is 0 Å². The van der Waals surface area contributed by atoms with Gasteiger partial charge in [-0.2, -0.15) is 0 Å². The summed E-state index contributed by atoms with van der Waals surface area (Å²) >= 11 is 0. The monoisotopic (exact) mass is 284 g/mol. The molecule has 5 heteroatoms. The Morgan fingerprint density at radius 2 is 1.95 bits per heavy atom. The average Bonchev–Trinajstić information content (AvgIpc) is 2.40. The molecule has 1 aromatic carbocycles. The maximum Gasteiger partial charge on any atom is 0.336 e. The molecule has 0 atom stereocenters. The third-order valence-electron chi connectivity index (χ3n) is 3.47. The number of carboxylic acids is 1. The average molecular weight is 284 g/mol. The smallest absolute Gasteiger partial charge is 0.336 e. The van der Waals surface area contributed by atoms with E-state index in [-0.39, 0.29) is 16.7 Å². The minimum atomic E-state index is -1.25. The molecular formula is C16H12O5. The number of allylic oxidation sites excluding steroid dienone is 1. The largest absolute Gasteiger partial charge is 0.483 e. The van der Waals surface area contributed by atoms with Crippen LogP contribution >= 0.6 is 0 Å². The first kappa shape index (κ1) is 13.3. The van der Waals surface area contributed by atoms with Crippen LogP contribution in [0.15, 0.2) is 24.3 Å². The number of carboxylic acid groups (broad SMARTS) is 1. The van der Waals surface area contributed by atoms with Gasteiger partial charge in [-0.1, -0.05) is 6.08 Å². The van der Waals surface area contributed by atoms with Crippen molar-refractivity contribution >= 4 is 29.2 Å². The zero-order chi connectivity index (χ0) is 15.4. The van der Waals surface area contributed by atoms with Gasteiger partial charge in [0, 0.05) is 22.8 Å². The van der Waals surface area contributed by atoms with Crippen molar-refractivity contribution < 1.29 is 24.2 Å². The van der Waals surface area contributed by atoms with Gasteiger partial charge in [-0.05, 0) is 32.1 Å². The Morgan fingerprint density at radius 3 is 2.62 bits per heavy atom. The standard InChI is InChI=1S/C16H12O5/c1-16(2)6-5-8-12(21-16)4-3-9-13(8)10(15(19)20)7-11(17)14(9)18/h3-7H,1-2H3,(H,19,20). The van der Waals surface area contributed by atoms with Gasteiger partial charge in [0.2, 0.25) is 11.6 Å². The van der Waals surface area contributed by atoms with Crippen molar-refractivity contribution in [2.45, 2.75) is 19.4 Å². The van der Waals surface area contributed by atoms with Crippen LogP contribution in [0.5, 0.6) is 5.75 Å². The highest BCUT2D eigenvalue weighted by molar-refractivity contribution is 6.53. The number of aliphatic carboxylic acids is 1. The summed E-state index contributed by atoms with van der Waals surface area (Å²) in [6.07, 6.45) is 4.40. The summed E-state index contributed by atoms with van der Waals surface area (Å²) < 4.78 is 5.77. The van der Waals surface area contributed by atoms with Crippen molar-refractivity contribution in [3.8, 4) is 5.75 Å². The first-order chi connectivity index (χ1) is 9.80. The zero-order valence-electron chi connectivity index (χ0n) is 11.5. The van der Waals surface area contributed by atoms with Gasteiger partial charge in [0.05, 0.1) is 5.57 Å². The second kappa shape index (κ2) is 4.15. The molecular weight excluding hydrogens is 272 g/mol. The van der Waals surface area contributed by atoms with Crippen LogP contribution in [0.25, 0.3) is 11.6 Å². The Hall–Kier alpha value is -2.69. The van der Waals surface area contributed by atoms with Crippen LogP contribution in [-0.2, 0) is 9.59 Å². The first-order valence-corrected chi connectivity index (χ1v) is 6.39. The number of carbonyl (C=O) groups excluding carboxylic acids is 2. The third-order valence-corrected chi connectivity index (χ3v) is 3.47. The number of ether oxygens (including phenoxy) is 1. The minimum absolute atomic E-state index is 0.103. The lowest BCUT2D eigenvalue weighted by Gasteiger charge is -2.30. The van der Waals surface area contributed by atoms with Crippen LogP contribution < -0.4 is 4.74 Å². The van der Waals surface area contributed by atoms with Crippen molar-refractivity contribution in [1.29, 1.82) is 0 Å². The van der Waals surface area contributed by atoms with E-state index in [4.69, 9.17) is 4.74 Å². The van der Waals surface area contributed by atoms with Gasteiger partial charge >= 0.3 is 5.97 Å². The van der Waals surface area contributed by atoms with E-state index < -0.39 is 23.1 Å². The fourth-order valence-electron chi connectivity index (χ4n) is 2.51. The lowest BCUT2D eigenvalue weighted by atomic mass is 9.84. The molecule has 0 fully saturated rings. The molecule has 0 unspecified atom stereocenters. The fourth-order valence-corrected chi connectivity index (χ4v) is 2.51. The van der Waals surface area contributed by atoms with E-state index >= 15 is 0 Å². The van der Waals surface area contributed by atoms with Crippen LogP contribution in [0.1, 0.15) is 35.3 Å². The quantitative estimate of drug-likeness (QED) is 0.799. The second-order valence-corrected chi connectivity index (χ2v) is 5.50. The minimum Gasteiger partial charge on any atom is -0.483 e. The van der Waals surface area contributed by atoms with Crippen molar-refractivity contribution in [2.24, 2.45) is 0 Å². The van der Waals surface area contributed by atoms with Gasteiger partial charge < -0.3 is 9.84 Å². The number of Topliss-reactive ketones (excluding diaryl/α,β-unsaturated/α-hetero) is 1. The second-order valence-electron chi connectivity index (χ2n) is 5.50. The fraction of sp³-hybridized carbons (Fsp3) is 0.188. The van der Waals surface area contributed by atoms with Gasteiger partial charge in [-0.3, -0.25) is 9.59 Å². The molecule has 0 aromatic heterocycles. The van der Waals surface area contributed by atoms with Crippen molar-refractivity contribution in [3.05, 3.63) is 41.0 Å². The van der Waals surface area contributed by atoms with Gasteiger partial charge in [0.25, 0.3) is 0 Å². The lowest BCUT2D eigenvalue weighted by Crippen LogP contribution is -2.29. The molecule has 2 aliphatic rings. The molecule has 5 nitrogen and oxygen atoms in total. The predicted molar refractivity (Wildman–Crippen MR) is 75.1 cm³/mol. The predicted octanol–water partition coefficient (Wildman–Crippen LogP) is 2.10. The number of rotatable bonds is 1. The van der Waals surface area contributed by atoms with Crippen molar-refractivity contribution in [1.82, 2.24) is 0 Å². The molecule has 21 heavy (non-hydrogen) atoms. The summed E-state index contributed by atoms with van der Waals surface area (Å²) in [5.41, 5.74) is 0.173. The molecule has 0 amide bonds. The molecule has 1 N–H and O–H groups in total. The van der Waals surface area contributed by atoms with E-state index in [1.165, 1.54) is 6.07 Å². The van der Waals surface area contributed by atoms with Crippen LogP contribution in [0.4, 0.5) is 0 Å².